The lowest BCUT2D eigenvalue weighted by Crippen LogP contribution is -2.33. The summed E-state index contributed by atoms with van der Waals surface area (Å²) in [7, 11) is 0. The number of imidazole rings is 1. The predicted octanol–water partition coefficient (Wildman–Crippen LogP) is 1.76. The summed E-state index contributed by atoms with van der Waals surface area (Å²) in [5.41, 5.74) is 2.98. The average Bonchev–Trinajstić information content (AvgIpc) is 2.82. The van der Waals surface area contributed by atoms with E-state index in [0.29, 0.717) is 0 Å². The summed E-state index contributed by atoms with van der Waals surface area (Å²) >= 11 is 0. The van der Waals surface area contributed by atoms with Crippen LogP contribution < -0.4 is 0 Å². The molecule has 0 radical (unpaired) electrons. The maximum absolute atomic E-state index is 8.72. The van der Waals surface area contributed by atoms with E-state index in [9.17, 15) is 0 Å². The third-order valence-electron chi connectivity index (χ3n) is 3.37. The first-order valence-corrected chi connectivity index (χ1v) is 6.20. The third kappa shape index (κ3) is 2.22. The van der Waals surface area contributed by atoms with Gasteiger partial charge < -0.3 is 9.61 Å². The van der Waals surface area contributed by atoms with Crippen LogP contribution in [0, 0.1) is 0 Å². The maximum atomic E-state index is 8.72. The second-order valence-electron chi connectivity index (χ2n) is 4.64. The summed E-state index contributed by atoms with van der Waals surface area (Å²) in [6.07, 6.45) is 5.79. The zero-order chi connectivity index (χ0) is 12.4. The standard InChI is InChI=1S/C13H16N4O/c18-15-11-4-7-16(8-5-11)9-12-10-17-6-2-1-3-13(17)14-12/h1-3,6,10,18H,4-5,7-9H2. The Hall–Kier alpha value is -1.88. The van der Waals surface area contributed by atoms with Gasteiger partial charge in [-0.25, -0.2) is 4.98 Å². The minimum absolute atomic E-state index is 0.851. The minimum atomic E-state index is 0.851. The molecular weight excluding hydrogens is 228 g/mol. The van der Waals surface area contributed by atoms with Gasteiger partial charge in [-0.05, 0) is 12.1 Å². The number of aromatic nitrogens is 2. The predicted molar refractivity (Wildman–Crippen MR) is 68.9 cm³/mol. The monoisotopic (exact) mass is 244 g/mol. The van der Waals surface area contributed by atoms with E-state index < -0.39 is 0 Å². The third-order valence-corrected chi connectivity index (χ3v) is 3.37. The van der Waals surface area contributed by atoms with Gasteiger partial charge in [-0.2, -0.15) is 0 Å². The molecule has 0 bridgehead atoms. The highest BCUT2D eigenvalue weighted by molar-refractivity contribution is 5.84. The first-order valence-electron chi connectivity index (χ1n) is 6.20. The Balaban J connectivity index is 1.69. The fourth-order valence-electron chi connectivity index (χ4n) is 2.36. The Morgan fingerprint density at radius 1 is 1.28 bits per heavy atom. The second kappa shape index (κ2) is 4.78. The van der Waals surface area contributed by atoms with Gasteiger partial charge in [0.1, 0.15) is 5.65 Å². The van der Waals surface area contributed by atoms with Crippen molar-refractivity contribution in [1.29, 1.82) is 0 Å². The van der Waals surface area contributed by atoms with E-state index in [4.69, 9.17) is 5.21 Å². The number of rotatable bonds is 2. The summed E-state index contributed by atoms with van der Waals surface area (Å²) in [5, 5.41) is 12.0. The second-order valence-corrected chi connectivity index (χ2v) is 4.64. The molecule has 0 saturated carbocycles. The molecule has 0 amide bonds. The number of fused-ring (bicyclic) bond motifs is 1. The Morgan fingerprint density at radius 3 is 2.83 bits per heavy atom. The van der Waals surface area contributed by atoms with Crippen LogP contribution in [0.4, 0.5) is 0 Å². The molecule has 1 N–H and O–H groups in total. The molecule has 1 fully saturated rings. The fraction of sp³-hybridized carbons (Fsp3) is 0.385. The Morgan fingerprint density at radius 2 is 2.11 bits per heavy atom. The highest BCUT2D eigenvalue weighted by Gasteiger charge is 2.16. The van der Waals surface area contributed by atoms with Gasteiger partial charge in [-0.3, -0.25) is 4.90 Å². The fourth-order valence-corrected chi connectivity index (χ4v) is 2.36. The van der Waals surface area contributed by atoms with Crippen LogP contribution in [0.5, 0.6) is 0 Å². The van der Waals surface area contributed by atoms with Gasteiger partial charge in [0.15, 0.2) is 0 Å². The Kier molecular flexibility index (Phi) is 2.98. The van der Waals surface area contributed by atoms with Gasteiger partial charge in [0, 0.05) is 44.9 Å². The van der Waals surface area contributed by atoms with Crippen LogP contribution in [0.3, 0.4) is 0 Å². The SMILES string of the molecule is ON=C1CCN(Cc2cn3ccccc3n2)CC1. The van der Waals surface area contributed by atoms with E-state index in [0.717, 1.165) is 49.5 Å². The van der Waals surface area contributed by atoms with Gasteiger partial charge in [0.25, 0.3) is 0 Å². The molecule has 1 saturated heterocycles. The number of hydrogen-bond donors (Lipinski definition) is 1. The smallest absolute Gasteiger partial charge is 0.137 e. The van der Waals surface area contributed by atoms with Crippen LogP contribution in [0.2, 0.25) is 0 Å². The lowest BCUT2D eigenvalue weighted by molar-refractivity contribution is 0.254. The van der Waals surface area contributed by atoms with Gasteiger partial charge >= 0.3 is 0 Å². The number of pyridine rings is 1. The molecule has 18 heavy (non-hydrogen) atoms. The van der Waals surface area contributed by atoms with Gasteiger partial charge in [0.2, 0.25) is 0 Å². The van der Waals surface area contributed by atoms with Crippen molar-refractivity contribution >= 4 is 11.4 Å². The van der Waals surface area contributed by atoms with Crippen molar-refractivity contribution in [3.63, 3.8) is 0 Å². The van der Waals surface area contributed by atoms with Crippen LogP contribution in [-0.2, 0) is 6.54 Å². The molecule has 3 rings (SSSR count). The van der Waals surface area contributed by atoms with Crippen LogP contribution in [-0.4, -0.2) is 38.3 Å². The van der Waals surface area contributed by atoms with Crippen molar-refractivity contribution in [2.75, 3.05) is 13.1 Å². The number of hydrogen-bond acceptors (Lipinski definition) is 4. The number of piperidine rings is 1. The van der Waals surface area contributed by atoms with Crippen molar-refractivity contribution in [1.82, 2.24) is 14.3 Å². The van der Waals surface area contributed by atoms with Gasteiger partial charge in [0.05, 0.1) is 11.4 Å². The zero-order valence-electron chi connectivity index (χ0n) is 10.2. The summed E-state index contributed by atoms with van der Waals surface area (Å²) < 4.78 is 2.04. The molecule has 1 aliphatic heterocycles. The van der Waals surface area contributed by atoms with Crippen LogP contribution in [0.25, 0.3) is 5.65 Å². The highest BCUT2D eigenvalue weighted by Crippen LogP contribution is 2.12. The van der Waals surface area contributed by atoms with Crippen molar-refractivity contribution in [3.05, 3.63) is 36.3 Å². The quantitative estimate of drug-likeness (QED) is 0.647. The number of nitrogens with zero attached hydrogens (tertiary/aromatic N) is 4. The topological polar surface area (TPSA) is 53.1 Å². The molecule has 0 spiro atoms. The number of likely N-dealkylation sites (tertiary alicyclic amines) is 1. The van der Waals surface area contributed by atoms with E-state index in [2.05, 4.69) is 21.2 Å². The maximum Gasteiger partial charge on any atom is 0.137 e. The normalized spacial score (nSPS) is 17.2. The zero-order valence-corrected chi connectivity index (χ0v) is 10.2. The van der Waals surface area contributed by atoms with Crippen LogP contribution in [0.15, 0.2) is 35.7 Å². The first-order chi connectivity index (χ1) is 8.85. The van der Waals surface area contributed by atoms with E-state index >= 15 is 0 Å². The van der Waals surface area contributed by atoms with Crippen LogP contribution in [0.1, 0.15) is 18.5 Å². The molecular formula is C13H16N4O. The largest absolute Gasteiger partial charge is 0.411 e. The lowest BCUT2D eigenvalue weighted by atomic mass is 10.1. The molecule has 1 aliphatic rings. The molecule has 2 aromatic heterocycles. The van der Waals surface area contributed by atoms with Gasteiger partial charge in [-0.1, -0.05) is 11.2 Å². The van der Waals surface area contributed by atoms with Crippen molar-refractivity contribution < 1.29 is 5.21 Å². The number of oxime groups is 1. The molecule has 0 atom stereocenters. The van der Waals surface area contributed by atoms with Gasteiger partial charge in [-0.15, -0.1) is 0 Å². The first kappa shape index (κ1) is 11.2. The molecule has 0 aliphatic carbocycles. The van der Waals surface area contributed by atoms with E-state index in [1.54, 1.807) is 0 Å². The van der Waals surface area contributed by atoms with Crippen molar-refractivity contribution in [2.24, 2.45) is 5.16 Å². The molecule has 0 unspecified atom stereocenters. The summed E-state index contributed by atoms with van der Waals surface area (Å²) in [4.78, 5) is 6.93. The molecule has 94 valence electrons. The Labute approximate surface area is 105 Å². The average molecular weight is 244 g/mol. The highest BCUT2D eigenvalue weighted by atomic mass is 16.4. The molecule has 0 aromatic carbocycles. The van der Waals surface area contributed by atoms with Crippen molar-refractivity contribution in [3.8, 4) is 0 Å². The van der Waals surface area contributed by atoms with Crippen LogP contribution >= 0.6 is 0 Å². The summed E-state index contributed by atoms with van der Waals surface area (Å²) in [5.74, 6) is 0. The lowest BCUT2D eigenvalue weighted by Gasteiger charge is -2.25. The van der Waals surface area contributed by atoms with Crippen molar-refractivity contribution in [2.45, 2.75) is 19.4 Å². The Bertz CT molecular complexity index is 532. The van der Waals surface area contributed by atoms with E-state index in [1.807, 2.05) is 28.8 Å². The molecule has 5 nitrogen and oxygen atoms in total. The van der Waals surface area contributed by atoms with E-state index in [-0.39, 0.29) is 0 Å². The molecule has 3 heterocycles. The summed E-state index contributed by atoms with van der Waals surface area (Å²) in [6.45, 7) is 2.74. The van der Waals surface area contributed by atoms with E-state index in [1.165, 1.54) is 0 Å². The summed E-state index contributed by atoms with van der Waals surface area (Å²) in [6, 6.07) is 6.01. The molecule has 2 aromatic rings. The molecule has 5 heteroatoms. The minimum Gasteiger partial charge on any atom is -0.411 e.